The van der Waals surface area contributed by atoms with Crippen LogP contribution < -0.4 is 19.5 Å². The predicted octanol–water partition coefficient (Wildman–Crippen LogP) is 3.03. The molecule has 122 valence electrons. The normalized spacial score (nSPS) is 10.1. The van der Waals surface area contributed by atoms with Crippen LogP contribution in [0.25, 0.3) is 0 Å². The first-order chi connectivity index (χ1) is 11.1. The molecule has 2 rings (SSSR count). The molecule has 6 heteroatoms. The monoisotopic (exact) mass is 319 g/mol. The van der Waals surface area contributed by atoms with E-state index in [-0.39, 0.29) is 12.3 Å². The summed E-state index contributed by atoms with van der Waals surface area (Å²) >= 11 is 0. The van der Waals surface area contributed by atoms with Crippen molar-refractivity contribution in [2.75, 3.05) is 26.6 Å². The summed E-state index contributed by atoms with van der Waals surface area (Å²) < 4.78 is 28.9. The average molecular weight is 319 g/mol. The van der Waals surface area contributed by atoms with Crippen LogP contribution in [-0.4, -0.2) is 27.2 Å². The van der Waals surface area contributed by atoms with E-state index in [1.165, 1.54) is 39.5 Å². The first-order valence-electron chi connectivity index (χ1n) is 6.91. The summed E-state index contributed by atoms with van der Waals surface area (Å²) in [4.78, 5) is 12.1. The van der Waals surface area contributed by atoms with Crippen molar-refractivity contribution in [3.63, 3.8) is 0 Å². The number of ether oxygens (including phenoxy) is 3. The molecule has 2 aromatic rings. The quantitative estimate of drug-likeness (QED) is 0.889. The molecule has 0 heterocycles. The Balaban J connectivity index is 2.17. The summed E-state index contributed by atoms with van der Waals surface area (Å²) in [6.45, 7) is 0. The van der Waals surface area contributed by atoms with Crippen LogP contribution in [0.2, 0.25) is 0 Å². The van der Waals surface area contributed by atoms with E-state index < -0.39 is 5.82 Å². The predicted molar refractivity (Wildman–Crippen MR) is 84.8 cm³/mol. The van der Waals surface area contributed by atoms with E-state index in [9.17, 15) is 9.18 Å². The molecule has 0 spiro atoms. The zero-order chi connectivity index (χ0) is 16.8. The topological polar surface area (TPSA) is 56.8 Å². The molecule has 0 aliphatic heterocycles. The molecular weight excluding hydrogens is 301 g/mol. The van der Waals surface area contributed by atoms with E-state index in [2.05, 4.69) is 5.32 Å². The van der Waals surface area contributed by atoms with Crippen LogP contribution in [0.4, 0.5) is 10.1 Å². The van der Waals surface area contributed by atoms with Crippen molar-refractivity contribution in [3.8, 4) is 17.2 Å². The van der Waals surface area contributed by atoms with Gasteiger partial charge in [0.2, 0.25) is 11.7 Å². The molecule has 0 bridgehead atoms. The number of amides is 1. The largest absolute Gasteiger partial charge is 0.493 e. The van der Waals surface area contributed by atoms with E-state index in [1.54, 1.807) is 18.2 Å². The minimum atomic E-state index is -0.407. The summed E-state index contributed by atoms with van der Waals surface area (Å²) in [6.07, 6.45) is 0.0905. The molecule has 0 aromatic heterocycles. The second-order valence-corrected chi connectivity index (χ2v) is 4.77. The lowest BCUT2D eigenvalue weighted by molar-refractivity contribution is -0.115. The molecule has 0 saturated heterocycles. The van der Waals surface area contributed by atoms with Crippen LogP contribution in [0.5, 0.6) is 17.2 Å². The van der Waals surface area contributed by atoms with E-state index in [4.69, 9.17) is 14.2 Å². The van der Waals surface area contributed by atoms with Gasteiger partial charge in [-0.3, -0.25) is 4.79 Å². The lowest BCUT2D eigenvalue weighted by atomic mass is 10.1. The Morgan fingerprint density at radius 2 is 1.70 bits per heavy atom. The number of halogens is 1. The summed E-state index contributed by atoms with van der Waals surface area (Å²) in [5.41, 5.74) is 1.09. The summed E-state index contributed by atoms with van der Waals surface area (Å²) in [7, 11) is 4.53. The molecule has 1 amide bonds. The molecule has 0 aliphatic rings. The Labute approximate surface area is 134 Å². The molecule has 23 heavy (non-hydrogen) atoms. The van der Waals surface area contributed by atoms with Gasteiger partial charge in [0, 0.05) is 5.69 Å². The highest BCUT2D eigenvalue weighted by Gasteiger charge is 2.15. The molecule has 0 saturated carbocycles. The standard InChI is InChI=1S/C17H18FNO4/c1-21-14-7-11(8-15(22-2)17(14)23-3)9-16(20)19-13-6-4-5-12(18)10-13/h4-8,10H,9H2,1-3H3,(H,19,20). The Kier molecular flexibility index (Phi) is 5.41. The smallest absolute Gasteiger partial charge is 0.228 e. The van der Waals surface area contributed by atoms with Crippen molar-refractivity contribution in [3.05, 3.63) is 47.8 Å². The summed E-state index contributed by atoms with van der Waals surface area (Å²) in [5, 5.41) is 2.64. The second kappa shape index (κ2) is 7.49. The zero-order valence-corrected chi connectivity index (χ0v) is 13.2. The Morgan fingerprint density at radius 1 is 1.04 bits per heavy atom. The van der Waals surface area contributed by atoms with Gasteiger partial charge in [-0.25, -0.2) is 4.39 Å². The van der Waals surface area contributed by atoms with Crippen molar-refractivity contribution >= 4 is 11.6 Å². The highest BCUT2D eigenvalue weighted by atomic mass is 19.1. The minimum absolute atomic E-state index is 0.0905. The summed E-state index contributed by atoms with van der Waals surface area (Å²) in [6, 6.07) is 9.13. The third kappa shape index (κ3) is 4.12. The summed E-state index contributed by atoms with van der Waals surface area (Å²) in [5.74, 6) is 0.727. The maximum atomic E-state index is 13.1. The lowest BCUT2D eigenvalue weighted by Gasteiger charge is -2.14. The number of methoxy groups -OCH3 is 3. The van der Waals surface area contributed by atoms with Gasteiger partial charge >= 0.3 is 0 Å². The maximum absolute atomic E-state index is 13.1. The average Bonchev–Trinajstić information content (AvgIpc) is 2.53. The van der Waals surface area contributed by atoms with E-state index in [1.807, 2.05) is 0 Å². The van der Waals surface area contributed by atoms with Gasteiger partial charge < -0.3 is 19.5 Å². The van der Waals surface area contributed by atoms with Gasteiger partial charge in [0.1, 0.15) is 5.82 Å². The molecule has 0 radical (unpaired) electrons. The SMILES string of the molecule is COc1cc(CC(=O)Nc2cccc(F)c2)cc(OC)c1OC. The van der Waals surface area contributed by atoms with Gasteiger partial charge in [-0.05, 0) is 35.9 Å². The fraction of sp³-hybridized carbons (Fsp3) is 0.235. The zero-order valence-electron chi connectivity index (χ0n) is 13.2. The van der Waals surface area contributed by atoms with Gasteiger partial charge in [0.05, 0.1) is 27.8 Å². The molecule has 0 fully saturated rings. The van der Waals surface area contributed by atoms with E-state index >= 15 is 0 Å². The number of carbonyl (C=O) groups is 1. The molecule has 5 nitrogen and oxygen atoms in total. The third-order valence-corrected chi connectivity index (χ3v) is 3.20. The van der Waals surface area contributed by atoms with Crippen molar-refractivity contribution in [2.45, 2.75) is 6.42 Å². The van der Waals surface area contributed by atoms with Gasteiger partial charge in [0.15, 0.2) is 11.5 Å². The number of carbonyl (C=O) groups excluding carboxylic acids is 1. The van der Waals surface area contributed by atoms with Crippen LogP contribution in [0.3, 0.4) is 0 Å². The molecular formula is C17H18FNO4. The van der Waals surface area contributed by atoms with Crippen LogP contribution >= 0.6 is 0 Å². The van der Waals surface area contributed by atoms with Crippen molar-refractivity contribution in [2.24, 2.45) is 0 Å². The molecule has 0 atom stereocenters. The minimum Gasteiger partial charge on any atom is -0.493 e. The molecule has 2 aromatic carbocycles. The van der Waals surface area contributed by atoms with Crippen molar-refractivity contribution < 1.29 is 23.4 Å². The van der Waals surface area contributed by atoms with Gasteiger partial charge in [0.25, 0.3) is 0 Å². The Morgan fingerprint density at radius 3 is 2.22 bits per heavy atom. The fourth-order valence-electron chi connectivity index (χ4n) is 2.19. The Hall–Kier alpha value is -2.76. The second-order valence-electron chi connectivity index (χ2n) is 4.77. The van der Waals surface area contributed by atoms with Crippen LogP contribution in [-0.2, 0) is 11.2 Å². The van der Waals surface area contributed by atoms with Crippen molar-refractivity contribution in [1.29, 1.82) is 0 Å². The van der Waals surface area contributed by atoms with Gasteiger partial charge in [-0.1, -0.05) is 6.07 Å². The molecule has 1 N–H and O–H groups in total. The van der Waals surface area contributed by atoms with E-state index in [0.717, 1.165) is 0 Å². The number of anilines is 1. The number of nitrogens with one attached hydrogen (secondary N) is 1. The number of benzene rings is 2. The number of rotatable bonds is 6. The number of hydrogen-bond donors (Lipinski definition) is 1. The Bertz CT molecular complexity index is 678. The first kappa shape index (κ1) is 16.6. The molecule has 0 unspecified atom stereocenters. The first-order valence-corrected chi connectivity index (χ1v) is 6.91. The molecule has 0 aliphatic carbocycles. The lowest BCUT2D eigenvalue weighted by Crippen LogP contribution is -2.14. The maximum Gasteiger partial charge on any atom is 0.228 e. The highest BCUT2D eigenvalue weighted by molar-refractivity contribution is 5.92. The van der Waals surface area contributed by atoms with Crippen LogP contribution in [0.15, 0.2) is 36.4 Å². The van der Waals surface area contributed by atoms with Crippen molar-refractivity contribution in [1.82, 2.24) is 0 Å². The third-order valence-electron chi connectivity index (χ3n) is 3.20. The van der Waals surface area contributed by atoms with Crippen LogP contribution in [0, 0.1) is 5.82 Å². The highest BCUT2D eigenvalue weighted by Crippen LogP contribution is 2.38. The number of hydrogen-bond acceptors (Lipinski definition) is 4. The fourth-order valence-corrected chi connectivity index (χ4v) is 2.19. The van der Waals surface area contributed by atoms with Gasteiger partial charge in [-0.15, -0.1) is 0 Å². The van der Waals surface area contributed by atoms with E-state index in [0.29, 0.717) is 28.5 Å². The van der Waals surface area contributed by atoms with Gasteiger partial charge in [-0.2, -0.15) is 0 Å². The van der Waals surface area contributed by atoms with Crippen LogP contribution in [0.1, 0.15) is 5.56 Å².